The van der Waals surface area contributed by atoms with Gasteiger partial charge >= 0.3 is 12.1 Å². The van der Waals surface area contributed by atoms with Crippen LogP contribution in [0.4, 0.5) is 22.0 Å². The lowest BCUT2D eigenvalue weighted by Crippen LogP contribution is -2.65. The standard InChI is InChI=1S/C39H48F5NO7S2/c1-24-6-10-27(11-7-24)54(49,50)45-53(5,48)26-12-8-25(9-13-26)29-20-34(4)30(16-19-37(34,47)38(40,41)39(42,43)44)28-14-17-35(46)21-36(18-15-31(35)32(28)29)51-22-33(2,3)23-52-36/h6-13,28-30,46-47H,14-23H2,1-5H3/t28-,29+,30-,34-,35+,37-,53?/m0/s1. The highest BCUT2D eigenvalue weighted by Crippen LogP contribution is 2.71. The first-order valence-corrected chi connectivity index (χ1v) is 21.7. The second-order valence-corrected chi connectivity index (χ2v) is 21.5. The van der Waals surface area contributed by atoms with E-state index < -0.39 is 78.4 Å². The lowest BCUT2D eigenvalue weighted by atomic mass is 9.49. The number of nitrogens with zero attached hydrogens (tertiary/aromatic N) is 1. The van der Waals surface area contributed by atoms with Crippen LogP contribution in [0.25, 0.3) is 0 Å². The van der Waals surface area contributed by atoms with Crippen LogP contribution in [0, 0.1) is 29.6 Å². The number of ether oxygens (including phenoxy) is 2. The molecule has 2 aromatic rings. The van der Waals surface area contributed by atoms with Crippen LogP contribution in [-0.4, -0.2) is 71.4 Å². The maximum absolute atomic E-state index is 15.5. The van der Waals surface area contributed by atoms with Crippen molar-refractivity contribution in [1.29, 1.82) is 0 Å². The summed E-state index contributed by atoms with van der Waals surface area (Å²) in [4.78, 5) is -0.0541. The van der Waals surface area contributed by atoms with Gasteiger partial charge in [0.15, 0.2) is 5.79 Å². The number of allylic oxidation sites excluding steroid dienone is 1. The van der Waals surface area contributed by atoms with Crippen LogP contribution in [0.2, 0.25) is 0 Å². The van der Waals surface area contributed by atoms with Crippen molar-refractivity contribution >= 4 is 19.8 Å². The number of aryl methyl sites for hydroxylation is 1. The largest absolute Gasteiger partial charge is 0.456 e. The SMILES string of the molecule is Cc1ccc(S(=O)(=O)N=S(C)(=O)c2ccc([C@H]3C[C@@]4(C)[C@@H](CC[C@@]4(O)C(F)(F)C(F)(F)F)[C@@H]4CC[C@@]5(O)CC6(CCC5=C43)OCC(C)(C)CO6)cc2)cc1. The fourth-order valence-electron chi connectivity index (χ4n) is 10.2. The minimum Gasteiger partial charge on any atom is -0.385 e. The van der Waals surface area contributed by atoms with Gasteiger partial charge in [0.2, 0.25) is 0 Å². The average molecular weight is 802 g/mol. The molecule has 5 aliphatic rings. The summed E-state index contributed by atoms with van der Waals surface area (Å²) in [6.45, 7) is 8.02. The van der Waals surface area contributed by atoms with E-state index in [9.17, 15) is 36.0 Å². The lowest BCUT2D eigenvalue weighted by molar-refractivity contribution is -0.362. The van der Waals surface area contributed by atoms with Crippen LogP contribution in [0.5, 0.6) is 0 Å². The molecule has 4 aliphatic carbocycles. The van der Waals surface area contributed by atoms with E-state index in [0.29, 0.717) is 37.2 Å². The van der Waals surface area contributed by atoms with Crippen LogP contribution in [0.15, 0.2) is 73.2 Å². The molecule has 1 heterocycles. The highest BCUT2D eigenvalue weighted by molar-refractivity contribution is 8.03. The second-order valence-electron chi connectivity index (χ2n) is 17.4. The topological polar surface area (TPSA) is 122 Å². The molecule has 1 saturated heterocycles. The van der Waals surface area contributed by atoms with Gasteiger partial charge in [-0.05, 0) is 92.7 Å². The third-order valence-corrected chi connectivity index (χ3v) is 17.1. The Morgan fingerprint density at radius 3 is 2.02 bits per heavy atom. The third kappa shape index (κ3) is 6.18. The summed E-state index contributed by atoms with van der Waals surface area (Å²) in [5.41, 5.74) is -4.09. The molecule has 0 radical (unpaired) electrons. The fourth-order valence-corrected chi connectivity index (χ4v) is 13.6. The van der Waals surface area contributed by atoms with Crippen LogP contribution in [-0.2, 0) is 29.2 Å². The van der Waals surface area contributed by atoms with E-state index in [-0.39, 0.29) is 47.3 Å². The molecule has 2 aromatic carbocycles. The van der Waals surface area contributed by atoms with E-state index in [1.165, 1.54) is 37.4 Å². The van der Waals surface area contributed by atoms with Gasteiger partial charge in [-0.2, -0.15) is 30.4 Å². The molecule has 1 aliphatic heterocycles. The molecule has 0 aromatic heterocycles. The van der Waals surface area contributed by atoms with Crippen molar-refractivity contribution in [3.63, 3.8) is 0 Å². The number of hydrogen-bond donors (Lipinski definition) is 2. The molecule has 4 fully saturated rings. The van der Waals surface area contributed by atoms with E-state index in [1.54, 1.807) is 31.2 Å². The molecule has 7 rings (SSSR count). The van der Waals surface area contributed by atoms with Crippen molar-refractivity contribution in [3.05, 3.63) is 70.8 Å². The van der Waals surface area contributed by atoms with Crippen molar-refractivity contribution in [2.75, 3.05) is 19.5 Å². The first-order valence-electron chi connectivity index (χ1n) is 18.3. The molecule has 7 atom stereocenters. The van der Waals surface area contributed by atoms with Crippen molar-refractivity contribution in [3.8, 4) is 0 Å². The zero-order valence-corrected chi connectivity index (χ0v) is 32.6. The summed E-state index contributed by atoms with van der Waals surface area (Å²) < 4.78 is 129. The summed E-state index contributed by atoms with van der Waals surface area (Å²) in [7, 11) is -7.86. The molecule has 3 saturated carbocycles. The summed E-state index contributed by atoms with van der Waals surface area (Å²) in [6.07, 6.45) is -4.46. The Labute approximate surface area is 313 Å². The lowest BCUT2D eigenvalue weighted by Gasteiger charge is -2.59. The molecule has 0 bridgehead atoms. The molecule has 2 N–H and O–H groups in total. The predicted molar refractivity (Wildman–Crippen MR) is 191 cm³/mol. The number of benzene rings is 2. The van der Waals surface area contributed by atoms with Crippen molar-refractivity contribution in [2.45, 2.75) is 124 Å². The third-order valence-electron chi connectivity index (χ3n) is 13.2. The number of rotatable bonds is 5. The molecule has 1 unspecified atom stereocenters. The summed E-state index contributed by atoms with van der Waals surface area (Å²) in [6, 6.07) is 11.9. The number of aliphatic hydroxyl groups is 2. The first kappa shape index (κ1) is 39.8. The van der Waals surface area contributed by atoms with E-state index >= 15 is 8.78 Å². The number of halogens is 5. The molecule has 8 nitrogen and oxygen atoms in total. The van der Waals surface area contributed by atoms with Gasteiger partial charge < -0.3 is 19.7 Å². The zero-order chi connectivity index (χ0) is 39.5. The van der Waals surface area contributed by atoms with Crippen LogP contribution >= 0.6 is 0 Å². The minimum atomic E-state index is -5.99. The van der Waals surface area contributed by atoms with Gasteiger partial charge in [0.25, 0.3) is 10.0 Å². The quantitative estimate of drug-likeness (QED) is 0.232. The monoisotopic (exact) mass is 801 g/mol. The Hall–Kier alpha value is -2.43. The van der Waals surface area contributed by atoms with Crippen LogP contribution in [0.1, 0.15) is 89.2 Å². The Balaban J connectivity index is 1.32. The van der Waals surface area contributed by atoms with Crippen molar-refractivity contribution < 1.29 is 54.3 Å². The number of hydrogen-bond acceptors (Lipinski definition) is 7. The van der Waals surface area contributed by atoms with E-state index in [1.807, 2.05) is 13.8 Å². The fraction of sp³-hybridized carbons (Fsp3) is 0.641. The average Bonchev–Trinajstić information content (AvgIpc) is 3.36. The van der Waals surface area contributed by atoms with Gasteiger partial charge in [0.05, 0.1) is 33.4 Å². The molecule has 0 amide bonds. The molecule has 298 valence electrons. The normalized spacial score (nSPS) is 34.8. The van der Waals surface area contributed by atoms with E-state index in [4.69, 9.17) is 9.47 Å². The summed E-state index contributed by atoms with van der Waals surface area (Å²) in [5.74, 6) is -8.45. The van der Waals surface area contributed by atoms with Crippen molar-refractivity contribution in [1.82, 2.24) is 0 Å². The van der Waals surface area contributed by atoms with E-state index in [0.717, 1.165) is 11.1 Å². The van der Waals surface area contributed by atoms with Gasteiger partial charge in [0.1, 0.15) is 5.60 Å². The predicted octanol–water partition coefficient (Wildman–Crippen LogP) is 8.06. The highest BCUT2D eigenvalue weighted by atomic mass is 32.3. The number of sulfonamides is 1. The Kier molecular flexibility index (Phi) is 9.24. The van der Waals surface area contributed by atoms with Crippen LogP contribution in [0.3, 0.4) is 0 Å². The smallest absolute Gasteiger partial charge is 0.385 e. The van der Waals surface area contributed by atoms with Gasteiger partial charge in [-0.3, -0.25) is 0 Å². The molecule has 15 heteroatoms. The van der Waals surface area contributed by atoms with Gasteiger partial charge in [0, 0.05) is 40.7 Å². The Morgan fingerprint density at radius 2 is 1.43 bits per heavy atom. The molecular formula is C39H48F5NO7S2. The van der Waals surface area contributed by atoms with E-state index in [2.05, 4.69) is 3.77 Å². The Morgan fingerprint density at radius 1 is 0.833 bits per heavy atom. The summed E-state index contributed by atoms with van der Waals surface area (Å²) in [5, 5.41) is 24.1. The summed E-state index contributed by atoms with van der Waals surface area (Å²) >= 11 is 0. The maximum atomic E-state index is 15.5. The van der Waals surface area contributed by atoms with Gasteiger partial charge in [-0.1, -0.05) is 56.2 Å². The number of alkyl halides is 5. The minimum absolute atomic E-state index is 0.0513. The van der Waals surface area contributed by atoms with Crippen LogP contribution < -0.4 is 0 Å². The molecule has 54 heavy (non-hydrogen) atoms. The van der Waals surface area contributed by atoms with Gasteiger partial charge in [-0.25, -0.2) is 4.21 Å². The zero-order valence-electron chi connectivity index (χ0n) is 31.0. The second kappa shape index (κ2) is 12.5. The molecule has 1 spiro atoms. The maximum Gasteiger partial charge on any atom is 0.456 e. The Bertz CT molecular complexity index is 2080. The first-order chi connectivity index (χ1) is 24.8. The van der Waals surface area contributed by atoms with Crippen molar-refractivity contribution in [2.24, 2.45) is 26.4 Å². The van der Waals surface area contributed by atoms with Gasteiger partial charge in [-0.15, -0.1) is 3.77 Å². The number of fused-ring (bicyclic) bond motifs is 4. The molecular weight excluding hydrogens is 754 g/mol. The highest BCUT2D eigenvalue weighted by Gasteiger charge is 2.79.